The summed E-state index contributed by atoms with van der Waals surface area (Å²) in [5, 5.41) is 0. The van der Waals surface area contributed by atoms with E-state index >= 15 is 0 Å². The highest BCUT2D eigenvalue weighted by atomic mass is 35.5. The lowest BCUT2D eigenvalue weighted by Crippen LogP contribution is -2.35. The fourth-order valence-corrected chi connectivity index (χ4v) is 3.95. The van der Waals surface area contributed by atoms with Gasteiger partial charge in [0.1, 0.15) is 0 Å². The van der Waals surface area contributed by atoms with E-state index in [9.17, 15) is 0 Å². The zero-order chi connectivity index (χ0) is 12.6. The van der Waals surface area contributed by atoms with Crippen molar-refractivity contribution in [1.82, 2.24) is 0 Å². The maximum atomic E-state index is 6.01. The summed E-state index contributed by atoms with van der Waals surface area (Å²) >= 11 is 7.68. The Morgan fingerprint density at radius 1 is 1.28 bits per heavy atom. The Hall–Kier alpha value is -0.830. The minimum atomic E-state index is 0.0586. The molecule has 0 saturated carbocycles. The Bertz CT molecular complexity index is 563. The van der Waals surface area contributed by atoms with Gasteiger partial charge in [0.2, 0.25) is 0 Å². The molecule has 1 aliphatic rings. The highest BCUT2D eigenvalue weighted by molar-refractivity contribution is 7.16. The first-order chi connectivity index (χ1) is 8.67. The topological polar surface area (TPSA) is 9.23 Å². The first-order valence-electron chi connectivity index (χ1n) is 6.08. The molecule has 18 heavy (non-hydrogen) atoms. The van der Waals surface area contributed by atoms with Crippen molar-refractivity contribution in [3.63, 3.8) is 0 Å². The second-order valence-corrected chi connectivity index (χ2v) is 6.89. The van der Waals surface area contributed by atoms with Crippen LogP contribution in [0.15, 0.2) is 36.4 Å². The molecule has 94 valence electrons. The van der Waals surface area contributed by atoms with Crippen molar-refractivity contribution >= 4 is 22.9 Å². The Balaban J connectivity index is 1.95. The molecule has 3 rings (SSSR count). The molecule has 1 unspecified atom stereocenters. The molecule has 0 radical (unpaired) electrons. The van der Waals surface area contributed by atoms with E-state index in [0.29, 0.717) is 0 Å². The van der Waals surface area contributed by atoms with E-state index in [1.165, 1.54) is 16.0 Å². The molecule has 0 amide bonds. The highest BCUT2D eigenvalue weighted by Crippen LogP contribution is 2.37. The Kier molecular flexibility index (Phi) is 3.18. The molecule has 0 bridgehead atoms. The van der Waals surface area contributed by atoms with E-state index in [1.54, 1.807) is 11.3 Å². The molecular weight excluding hydrogens is 264 g/mol. The molecule has 0 spiro atoms. The standard InChI is InChI=1S/C15H15ClOS/c1-15(8-12-6-7-14(16)18-12)10-17-9-11-4-2-3-5-13(11)15/h2-7H,8-10H2,1H3. The lowest BCUT2D eigenvalue weighted by Gasteiger charge is -2.35. The molecule has 2 aromatic rings. The largest absolute Gasteiger partial charge is 0.376 e. The number of thiophene rings is 1. The molecule has 0 fully saturated rings. The molecule has 1 nitrogen and oxygen atoms in total. The van der Waals surface area contributed by atoms with E-state index in [0.717, 1.165) is 24.0 Å². The van der Waals surface area contributed by atoms with Crippen LogP contribution >= 0.6 is 22.9 Å². The molecule has 2 heterocycles. The van der Waals surface area contributed by atoms with Gasteiger partial charge in [-0.2, -0.15) is 0 Å². The number of rotatable bonds is 2. The zero-order valence-corrected chi connectivity index (χ0v) is 11.9. The number of hydrogen-bond acceptors (Lipinski definition) is 2. The number of halogens is 1. The summed E-state index contributed by atoms with van der Waals surface area (Å²) in [5.41, 5.74) is 2.79. The molecule has 1 aromatic heterocycles. The molecule has 0 aliphatic carbocycles. The Morgan fingerprint density at radius 3 is 2.89 bits per heavy atom. The van der Waals surface area contributed by atoms with Gasteiger partial charge in [0.15, 0.2) is 0 Å². The lowest BCUT2D eigenvalue weighted by atomic mass is 9.76. The quantitative estimate of drug-likeness (QED) is 0.789. The van der Waals surface area contributed by atoms with E-state index in [-0.39, 0.29) is 5.41 Å². The predicted molar refractivity (Wildman–Crippen MR) is 76.5 cm³/mol. The van der Waals surface area contributed by atoms with E-state index < -0.39 is 0 Å². The van der Waals surface area contributed by atoms with Gasteiger partial charge < -0.3 is 4.74 Å². The van der Waals surface area contributed by atoms with E-state index in [2.05, 4.69) is 37.3 Å². The SMILES string of the molecule is CC1(Cc2ccc(Cl)s2)COCc2ccccc21. The lowest BCUT2D eigenvalue weighted by molar-refractivity contribution is 0.0578. The highest BCUT2D eigenvalue weighted by Gasteiger charge is 2.33. The summed E-state index contributed by atoms with van der Waals surface area (Å²) in [6.45, 7) is 3.79. The van der Waals surface area contributed by atoms with Crippen molar-refractivity contribution in [3.8, 4) is 0 Å². The average Bonchev–Trinajstić information content (AvgIpc) is 2.75. The molecule has 1 aromatic carbocycles. The minimum absolute atomic E-state index is 0.0586. The van der Waals surface area contributed by atoms with Gasteiger partial charge in [-0.05, 0) is 29.7 Å². The number of benzene rings is 1. The Labute approximate surface area is 116 Å². The van der Waals surface area contributed by atoms with Crippen LogP contribution in [0.25, 0.3) is 0 Å². The van der Waals surface area contributed by atoms with Crippen LogP contribution in [0.2, 0.25) is 4.34 Å². The van der Waals surface area contributed by atoms with Crippen LogP contribution in [-0.4, -0.2) is 6.61 Å². The first-order valence-corrected chi connectivity index (χ1v) is 7.27. The normalized spacial score (nSPS) is 22.8. The molecule has 3 heteroatoms. The zero-order valence-electron chi connectivity index (χ0n) is 10.3. The number of hydrogen-bond donors (Lipinski definition) is 0. The van der Waals surface area contributed by atoms with Crippen LogP contribution in [-0.2, 0) is 23.2 Å². The third-order valence-corrected chi connectivity index (χ3v) is 4.77. The molecule has 1 aliphatic heterocycles. The van der Waals surface area contributed by atoms with Gasteiger partial charge >= 0.3 is 0 Å². The fraction of sp³-hybridized carbons (Fsp3) is 0.333. The second-order valence-electron chi connectivity index (χ2n) is 5.09. The summed E-state index contributed by atoms with van der Waals surface area (Å²) in [4.78, 5) is 1.32. The minimum Gasteiger partial charge on any atom is -0.376 e. The predicted octanol–water partition coefficient (Wildman–Crippen LogP) is 4.43. The van der Waals surface area contributed by atoms with Gasteiger partial charge in [-0.15, -0.1) is 11.3 Å². The first kappa shape index (κ1) is 12.2. The molecular formula is C15H15ClOS. The summed E-state index contributed by atoms with van der Waals surface area (Å²) in [6, 6.07) is 12.7. The van der Waals surface area contributed by atoms with Crippen LogP contribution in [0.1, 0.15) is 22.9 Å². The van der Waals surface area contributed by atoms with Crippen LogP contribution in [0.4, 0.5) is 0 Å². The summed E-state index contributed by atoms with van der Waals surface area (Å²) in [6.07, 6.45) is 0.987. The van der Waals surface area contributed by atoms with Crippen molar-refractivity contribution in [2.75, 3.05) is 6.61 Å². The third kappa shape index (κ3) is 2.20. The van der Waals surface area contributed by atoms with Gasteiger partial charge in [-0.25, -0.2) is 0 Å². The summed E-state index contributed by atoms with van der Waals surface area (Å²) in [7, 11) is 0. The fourth-order valence-electron chi connectivity index (χ4n) is 2.68. The van der Waals surface area contributed by atoms with Crippen molar-refractivity contribution < 1.29 is 4.74 Å². The van der Waals surface area contributed by atoms with E-state index in [4.69, 9.17) is 16.3 Å². The molecule has 0 N–H and O–H groups in total. The maximum Gasteiger partial charge on any atom is 0.0931 e. The summed E-state index contributed by atoms with van der Waals surface area (Å²) in [5.74, 6) is 0. The van der Waals surface area contributed by atoms with Crippen LogP contribution in [0.3, 0.4) is 0 Å². The summed E-state index contributed by atoms with van der Waals surface area (Å²) < 4.78 is 6.62. The van der Waals surface area contributed by atoms with Crippen molar-refractivity contribution in [2.45, 2.75) is 25.4 Å². The van der Waals surface area contributed by atoms with Gasteiger partial charge in [-0.1, -0.05) is 42.8 Å². The van der Waals surface area contributed by atoms with Gasteiger partial charge in [0, 0.05) is 10.3 Å². The maximum absolute atomic E-state index is 6.01. The average molecular weight is 279 g/mol. The number of ether oxygens (including phenoxy) is 1. The van der Waals surface area contributed by atoms with Crippen molar-refractivity contribution in [2.24, 2.45) is 0 Å². The van der Waals surface area contributed by atoms with Crippen LogP contribution in [0, 0.1) is 0 Å². The molecule has 0 saturated heterocycles. The van der Waals surface area contributed by atoms with Crippen LogP contribution < -0.4 is 0 Å². The van der Waals surface area contributed by atoms with Crippen molar-refractivity contribution in [1.29, 1.82) is 0 Å². The second kappa shape index (κ2) is 4.69. The monoisotopic (exact) mass is 278 g/mol. The van der Waals surface area contributed by atoms with Crippen LogP contribution in [0.5, 0.6) is 0 Å². The van der Waals surface area contributed by atoms with E-state index in [1.807, 2.05) is 6.07 Å². The number of fused-ring (bicyclic) bond motifs is 1. The third-order valence-electron chi connectivity index (χ3n) is 3.54. The smallest absolute Gasteiger partial charge is 0.0931 e. The van der Waals surface area contributed by atoms with Gasteiger partial charge in [0.25, 0.3) is 0 Å². The van der Waals surface area contributed by atoms with Gasteiger partial charge in [-0.3, -0.25) is 0 Å². The van der Waals surface area contributed by atoms with Crippen molar-refractivity contribution in [3.05, 3.63) is 56.7 Å². The molecule has 1 atom stereocenters. The Morgan fingerprint density at radius 2 is 2.11 bits per heavy atom. The van der Waals surface area contributed by atoms with Gasteiger partial charge in [0.05, 0.1) is 17.6 Å².